The first-order valence-corrected chi connectivity index (χ1v) is 4.98. The van der Waals surface area contributed by atoms with Gasteiger partial charge in [-0.2, -0.15) is 0 Å². The van der Waals surface area contributed by atoms with Gasteiger partial charge in [0.05, 0.1) is 0 Å². The Kier molecular flexibility index (Phi) is 5.99. The minimum atomic E-state index is 0.733. The van der Waals surface area contributed by atoms with Gasteiger partial charge >= 0.3 is 0 Å². The fourth-order valence-corrected chi connectivity index (χ4v) is 1.79. The summed E-state index contributed by atoms with van der Waals surface area (Å²) in [4.78, 5) is 0. The Hall–Kier alpha value is 0.505. The molecule has 0 rings (SSSR count). The quantitative estimate of drug-likeness (QED) is 0.443. The van der Waals surface area contributed by atoms with E-state index in [4.69, 9.17) is 0 Å². The number of hydrogen-bond acceptors (Lipinski definition) is 2. The average Bonchev–Trinajstić information content (AvgIpc) is 1.66. The van der Waals surface area contributed by atoms with Crippen molar-refractivity contribution in [3.05, 3.63) is 11.5 Å². The van der Waals surface area contributed by atoms with Gasteiger partial charge in [0.15, 0.2) is 0 Å². The Labute approximate surface area is 59.9 Å². The lowest BCUT2D eigenvalue weighted by Gasteiger charge is -1.92. The molecule has 0 saturated heterocycles. The molecule has 0 aliphatic carbocycles. The van der Waals surface area contributed by atoms with E-state index in [1.165, 1.54) is 0 Å². The predicted molar refractivity (Wildman–Crippen MR) is 47.5 cm³/mol. The maximum absolute atomic E-state index is 2.20. The summed E-state index contributed by atoms with van der Waals surface area (Å²) in [6.07, 6.45) is 2.06. The molecule has 0 saturated carbocycles. The van der Waals surface area contributed by atoms with Crippen LogP contribution in [0.15, 0.2) is 11.5 Å². The third-order valence-electron chi connectivity index (χ3n) is 0.440. The van der Waals surface area contributed by atoms with E-state index in [2.05, 4.69) is 25.1 Å². The molecule has 0 radical (unpaired) electrons. The zero-order chi connectivity index (χ0) is 6.41. The van der Waals surface area contributed by atoms with Gasteiger partial charge in [-0.3, -0.25) is 0 Å². The molecule has 0 unspecified atom stereocenters. The van der Waals surface area contributed by atoms with Crippen molar-refractivity contribution in [3.8, 4) is 0 Å². The fraction of sp³-hybridized carbons (Fsp3) is 0.600. The lowest BCUT2D eigenvalue weighted by Crippen LogP contribution is -1.85. The van der Waals surface area contributed by atoms with Crippen molar-refractivity contribution in [2.45, 2.75) is 20.6 Å². The van der Waals surface area contributed by atoms with E-state index in [1.807, 2.05) is 17.6 Å². The zero-order valence-corrected chi connectivity index (χ0v) is 7.18. The first-order chi connectivity index (χ1) is 3.77. The summed E-state index contributed by atoms with van der Waals surface area (Å²) in [5, 5.41) is 2.10. The first kappa shape index (κ1) is 8.50. The Morgan fingerprint density at radius 1 is 1.38 bits per heavy atom. The third kappa shape index (κ3) is 6.50. The molecule has 0 N–H and O–H groups in total. The second-order valence-corrected chi connectivity index (χ2v) is 4.47. The van der Waals surface area contributed by atoms with Crippen LogP contribution < -0.4 is 0 Å². The van der Waals surface area contributed by atoms with Crippen molar-refractivity contribution in [3.63, 3.8) is 0 Å². The van der Waals surface area contributed by atoms with Crippen LogP contribution in [0.3, 0.4) is 0 Å². The maximum atomic E-state index is 2.20. The van der Waals surface area contributed by atoms with Gasteiger partial charge in [0.2, 0.25) is 5.99 Å². The molecule has 0 atom stereocenters. The molecular weight excluding hydrogens is 135 g/mol. The van der Waals surface area contributed by atoms with E-state index in [-0.39, 0.29) is 0 Å². The Bertz CT molecular complexity index is 70.8. The van der Waals surface area contributed by atoms with Crippen molar-refractivity contribution < 1.29 is 0 Å². The number of allylic oxidation sites excluding steroid dienone is 1. The van der Waals surface area contributed by atoms with Crippen LogP contribution in [0.1, 0.15) is 6.92 Å². The highest BCUT2D eigenvalue weighted by Crippen LogP contribution is 2.24. The SMILES string of the molecule is C/C=C/SSB(C)C. The Balaban J connectivity index is 2.93. The van der Waals surface area contributed by atoms with Gasteiger partial charge in [0.25, 0.3) is 0 Å². The van der Waals surface area contributed by atoms with E-state index in [0.717, 1.165) is 5.99 Å². The molecule has 3 heteroatoms. The number of hydrogen-bond donors (Lipinski definition) is 0. The molecule has 0 aromatic heterocycles. The average molecular weight is 146 g/mol. The van der Waals surface area contributed by atoms with Crippen LogP contribution in [0, 0.1) is 0 Å². The molecule has 0 aliphatic heterocycles. The van der Waals surface area contributed by atoms with Gasteiger partial charge in [0.1, 0.15) is 0 Å². The third-order valence-corrected chi connectivity index (χ3v) is 3.14. The highest BCUT2D eigenvalue weighted by molar-refractivity contribution is 8.87. The molecule has 46 valence electrons. The topological polar surface area (TPSA) is 0 Å². The monoisotopic (exact) mass is 146 g/mol. The normalized spacial score (nSPS) is 10.4. The van der Waals surface area contributed by atoms with E-state index < -0.39 is 0 Å². The van der Waals surface area contributed by atoms with Gasteiger partial charge in [0, 0.05) is 0 Å². The summed E-state index contributed by atoms with van der Waals surface area (Å²) in [6.45, 7) is 6.43. The second kappa shape index (κ2) is 5.64. The fourth-order valence-electron chi connectivity index (χ4n) is 0.199. The minimum Gasteiger partial charge on any atom is -0.142 e. The molecule has 0 spiro atoms. The second-order valence-electron chi connectivity index (χ2n) is 1.71. The Morgan fingerprint density at radius 2 is 2.00 bits per heavy atom. The van der Waals surface area contributed by atoms with Crippen molar-refractivity contribution in [1.29, 1.82) is 0 Å². The van der Waals surface area contributed by atoms with E-state index in [1.54, 1.807) is 10.8 Å². The van der Waals surface area contributed by atoms with E-state index >= 15 is 0 Å². The van der Waals surface area contributed by atoms with Gasteiger partial charge in [-0.05, 0) is 12.3 Å². The van der Waals surface area contributed by atoms with Crippen LogP contribution >= 0.6 is 21.4 Å². The zero-order valence-electron chi connectivity index (χ0n) is 5.55. The van der Waals surface area contributed by atoms with Crippen molar-refractivity contribution >= 4 is 27.4 Å². The Morgan fingerprint density at radius 3 is 2.38 bits per heavy atom. The molecule has 0 amide bonds. The van der Waals surface area contributed by atoms with Crippen LogP contribution in [-0.4, -0.2) is 5.99 Å². The van der Waals surface area contributed by atoms with Crippen molar-refractivity contribution in [1.82, 2.24) is 0 Å². The van der Waals surface area contributed by atoms with Crippen LogP contribution in [0.4, 0.5) is 0 Å². The van der Waals surface area contributed by atoms with E-state index in [0.29, 0.717) is 0 Å². The minimum absolute atomic E-state index is 0.733. The van der Waals surface area contributed by atoms with Gasteiger partial charge in [-0.25, -0.2) is 0 Å². The molecule has 8 heavy (non-hydrogen) atoms. The first-order valence-electron chi connectivity index (χ1n) is 2.70. The van der Waals surface area contributed by atoms with Gasteiger partial charge in [-0.1, -0.05) is 30.5 Å². The summed E-state index contributed by atoms with van der Waals surface area (Å²) >= 11 is 0. The van der Waals surface area contributed by atoms with Gasteiger partial charge < -0.3 is 0 Å². The molecule has 0 aromatic carbocycles. The summed E-state index contributed by atoms with van der Waals surface area (Å²) in [7, 11) is 3.68. The van der Waals surface area contributed by atoms with Crippen molar-refractivity contribution in [2.75, 3.05) is 0 Å². The summed E-state index contributed by atoms with van der Waals surface area (Å²) < 4.78 is 0. The van der Waals surface area contributed by atoms with E-state index in [9.17, 15) is 0 Å². The van der Waals surface area contributed by atoms with Crippen LogP contribution in [0.5, 0.6) is 0 Å². The molecular formula is C5H11BS2. The maximum Gasteiger partial charge on any atom is 0.218 e. The summed E-state index contributed by atoms with van der Waals surface area (Å²) in [5.41, 5.74) is 0. The van der Waals surface area contributed by atoms with Gasteiger partial charge in [-0.15, -0.1) is 10.6 Å². The molecule has 0 heterocycles. The molecule has 0 nitrogen and oxygen atoms in total. The molecule has 0 bridgehead atoms. The standard InChI is InChI=1S/C5H11BS2/c1-4-5-7-8-6(2)3/h4-5H,1-3H3/b5-4+. The van der Waals surface area contributed by atoms with Crippen LogP contribution in [0.25, 0.3) is 0 Å². The highest BCUT2D eigenvalue weighted by Gasteiger charge is 1.94. The smallest absolute Gasteiger partial charge is 0.142 e. The van der Waals surface area contributed by atoms with Crippen molar-refractivity contribution in [2.24, 2.45) is 0 Å². The number of rotatable bonds is 3. The van der Waals surface area contributed by atoms with Crippen LogP contribution in [0.2, 0.25) is 13.6 Å². The molecule has 0 fully saturated rings. The molecule has 0 aromatic rings. The predicted octanol–water partition coefficient (Wildman–Crippen LogP) is 3.15. The largest absolute Gasteiger partial charge is 0.218 e. The van der Waals surface area contributed by atoms with Crippen LogP contribution in [-0.2, 0) is 0 Å². The summed E-state index contributed by atoms with van der Waals surface area (Å²) in [6, 6.07) is 0. The summed E-state index contributed by atoms with van der Waals surface area (Å²) in [5.74, 6) is 0.733. The lowest BCUT2D eigenvalue weighted by atomic mass is 9.84. The lowest BCUT2D eigenvalue weighted by molar-refractivity contribution is 1.79. The highest BCUT2D eigenvalue weighted by atomic mass is 33.1. The molecule has 0 aliphatic rings.